The molecule has 0 bridgehead atoms. The lowest BCUT2D eigenvalue weighted by Gasteiger charge is -2.30. The van der Waals surface area contributed by atoms with Crippen LogP contribution in [-0.4, -0.2) is 32.0 Å². The Morgan fingerprint density at radius 2 is 2.09 bits per heavy atom. The van der Waals surface area contributed by atoms with Crippen molar-refractivity contribution in [1.82, 2.24) is 10.0 Å². The molecule has 1 fully saturated rings. The molecule has 7 nitrogen and oxygen atoms in total. The van der Waals surface area contributed by atoms with Crippen LogP contribution in [0.2, 0.25) is 0 Å². The molecule has 22 heavy (non-hydrogen) atoms. The number of sulfonamides is 1. The molecule has 2 atom stereocenters. The first-order chi connectivity index (χ1) is 9.83. The molecule has 0 radical (unpaired) electrons. The van der Waals surface area contributed by atoms with E-state index in [4.69, 9.17) is 0 Å². The predicted octanol–water partition coefficient (Wildman–Crippen LogP) is 1.74. The van der Waals surface area contributed by atoms with Crippen LogP contribution in [0, 0.1) is 17.0 Å². The molecule has 0 aliphatic carbocycles. The summed E-state index contributed by atoms with van der Waals surface area (Å²) in [5.74, 6) is 0. The Morgan fingerprint density at radius 3 is 2.68 bits per heavy atom. The maximum absolute atomic E-state index is 12.5. The fraction of sp³-hybridized carbons (Fsp3) is 0.538. The second-order valence-corrected chi connectivity index (χ2v) is 6.95. The largest absolute Gasteiger partial charge is 0.313 e. The minimum absolute atomic E-state index is 0. The van der Waals surface area contributed by atoms with Gasteiger partial charge < -0.3 is 5.32 Å². The number of hydrogen-bond donors (Lipinski definition) is 2. The van der Waals surface area contributed by atoms with Crippen molar-refractivity contribution in [2.24, 2.45) is 0 Å². The predicted molar refractivity (Wildman–Crippen MR) is 85.9 cm³/mol. The van der Waals surface area contributed by atoms with Crippen LogP contribution >= 0.6 is 12.4 Å². The van der Waals surface area contributed by atoms with Gasteiger partial charge in [0.05, 0.1) is 9.82 Å². The molecule has 1 aliphatic rings. The molecule has 2 N–H and O–H groups in total. The Labute approximate surface area is 136 Å². The molecule has 124 valence electrons. The van der Waals surface area contributed by atoms with Gasteiger partial charge in [-0.15, -0.1) is 12.4 Å². The zero-order chi connectivity index (χ0) is 15.6. The van der Waals surface area contributed by atoms with Crippen molar-refractivity contribution < 1.29 is 13.3 Å². The molecule has 9 heteroatoms. The van der Waals surface area contributed by atoms with Gasteiger partial charge in [-0.25, -0.2) is 13.1 Å². The molecule has 0 amide bonds. The van der Waals surface area contributed by atoms with Crippen LogP contribution in [0.1, 0.15) is 25.3 Å². The van der Waals surface area contributed by atoms with E-state index in [0.717, 1.165) is 19.4 Å². The molecule has 0 spiro atoms. The van der Waals surface area contributed by atoms with Crippen molar-refractivity contribution in [3.8, 4) is 0 Å². The van der Waals surface area contributed by atoms with E-state index in [9.17, 15) is 18.5 Å². The Kier molecular flexibility index (Phi) is 6.30. The first kappa shape index (κ1) is 18.8. The van der Waals surface area contributed by atoms with E-state index >= 15 is 0 Å². The molecular formula is C13H20ClN3O4S. The number of rotatable bonds is 4. The monoisotopic (exact) mass is 349 g/mol. The summed E-state index contributed by atoms with van der Waals surface area (Å²) in [6.45, 7) is 4.25. The molecule has 0 saturated carbocycles. The molecular weight excluding hydrogens is 330 g/mol. The van der Waals surface area contributed by atoms with Crippen molar-refractivity contribution in [2.75, 3.05) is 6.54 Å². The molecule has 2 rings (SSSR count). The summed E-state index contributed by atoms with van der Waals surface area (Å²) in [5.41, 5.74) is -0.0286. The SMILES string of the molecule is Cc1c([N+](=O)[O-])cccc1S(=O)(=O)NC1CCCNC1C.Cl. The quantitative estimate of drug-likeness (QED) is 0.637. The second-order valence-electron chi connectivity index (χ2n) is 5.27. The lowest BCUT2D eigenvalue weighted by atomic mass is 10.0. The van der Waals surface area contributed by atoms with E-state index in [1.807, 2.05) is 6.92 Å². The summed E-state index contributed by atoms with van der Waals surface area (Å²) in [7, 11) is -3.77. The van der Waals surface area contributed by atoms with Gasteiger partial charge in [-0.2, -0.15) is 0 Å². The standard InChI is InChI=1S/C13H19N3O4S.ClH/c1-9-12(16(17)18)6-3-7-13(9)21(19,20)15-11-5-4-8-14-10(11)2;/h3,6-7,10-11,14-15H,4-5,8H2,1-2H3;1H. The maximum Gasteiger partial charge on any atom is 0.273 e. The zero-order valence-electron chi connectivity index (χ0n) is 12.4. The molecule has 1 aliphatic heterocycles. The molecule has 0 aromatic heterocycles. The third kappa shape index (κ3) is 3.95. The number of nitrogens with one attached hydrogen (secondary N) is 2. The molecule has 1 aromatic carbocycles. The lowest BCUT2D eigenvalue weighted by Crippen LogP contribution is -2.51. The molecule has 2 unspecified atom stereocenters. The van der Waals surface area contributed by atoms with E-state index in [-0.39, 0.29) is 40.6 Å². The third-order valence-corrected chi connectivity index (χ3v) is 5.44. The average Bonchev–Trinajstić information content (AvgIpc) is 2.41. The van der Waals surface area contributed by atoms with Crippen LogP contribution in [0.3, 0.4) is 0 Å². The minimum Gasteiger partial charge on any atom is -0.313 e. The van der Waals surface area contributed by atoms with Gasteiger partial charge in [0.2, 0.25) is 10.0 Å². The Balaban J connectivity index is 0.00000242. The number of benzene rings is 1. The van der Waals surface area contributed by atoms with Crippen molar-refractivity contribution >= 4 is 28.1 Å². The Hall–Kier alpha value is -1.22. The van der Waals surface area contributed by atoms with Crippen LogP contribution in [0.25, 0.3) is 0 Å². The van der Waals surface area contributed by atoms with E-state index in [1.165, 1.54) is 25.1 Å². The Morgan fingerprint density at radius 1 is 1.41 bits per heavy atom. The number of halogens is 1. The fourth-order valence-electron chi connectivity index (χ4n) is 2.56. The summed E-state index contributed by atoms with van der Waals surface area (Å²) in [6.07, 6.45) is 1.65. The number of nitro benzene ring substituents is 1. The molecule has 1 heterocycles. The van der Waals surface area contributed by atoms with Crippen molar-refractivity contribution in [3.63, 3.8) is 0 Å². The highest BCUT2D eigenvalue weighted by Crippen LogP contribution is 2.25. The smallest absolute Gasteiger partial charge is 0.273 e. The molecule has 1 aromatic rings. The second kappa shape index (κ2) is 7.36. The number of piperidine rings is 1. The van der Waals surface area contributed by atoms with E-state index in [2.05, 4.69) is 10.0 Å². The van der Waals surface area contributed by atoms with Gasteiger partial charge in [-0.05, 0) is 39.3 Å². The lowest BCUT2D eigenvalue weighted by molar-refractivity contribution is -0.385. The number of nitro groups is 1. The van der Waals surface area contributed by atoms with Gasteiger partial charge in [0.15, 0.2) is 0 Å². The maximum atomic E-state index is 12.5. The van der Waals surface area contributed by atoms with E-state index in [1.54, 1.807) is 0 Å². The topological polar surface area (TPSA) is 101 Å². The van der Waals surface area contributed by atoms with E-state index in [0.29, 0.717) is 0 Å². The van der Waals surface area contributed by atoms with Gasteiger partial charge >= 0.3 is 0 Å². The van der Waals surface area contributed by atoms with Gasteiger partial charge in [0, 0.05) is 23.7 Å². The van der Waals surface area contributed by atoms with E-state index < -0.39 is 14.9 Å². The zero-order valence-corrected chi connectivity index (χ0v) is 14.0. The summed E-state index contributed by atoms with van der Waals surface area (Å²) in [6, 6.07) is 3.92. The van der Waals surface area contributed by atoms with Crippen LogP contribution < -0.4 is 10.0 Å². The minimum atomic E-state index is -3.77. The van der Waals surface area contributed by atoms with Crippen molar-refractivity contribution in [2.45, 2.75) is 43.7 Å². The first-order valence-corrected chi connectivity index (χ1v) is 8.31. The number of hydrogen-bond acceptors (Lipinski definition) is 5. The fourth-order valence-corrected chi connectivity index (χ4v) is 4.17. The summed E-state index contributed by atoms with van der Waals surface area (Å²) < 4.78 is 27.6. The van der Waals surface area contributed by atoms with Crippen LogP contribution in [-0.2, 0) is 10.0 Å². The first-order valence-electron chi connectivity index (χ1n) is 6.82. The highest BCUT2D eigenvalue weighted by Gasteiger charge is 2.29. The highest BCUT2D eigenvalue weighted by atomic mass is 35.5. The summed E-state index contributed by atoms with van der Waals surface area (Å²) >= 11 is 0. The van der Waals surface area contributed by atoms with Crippen LogP contribution in [0.15, 0.2) is 23.1 Å². The van der Waals surface area contributed by atoms with Gasteiger partial charge in [-0.1, -0.05) is 6.07 Å². The molecule has 1 saturated heterocycles. The van der Waals surface area contributed by atoms with Gasteiger partial charge in [0.1, 0.15) is 0 Å². The van der Waals surface area contributed by atoms with Crippen LogP contribution in [0.4, 0.5) is 5.69 Å². The van der Waals surface area contributed by atoms with Crippen molar-refractivity contribution in [1.29, 1.82) is 0 Å². The number of nitrogens with zero attached hydrogens (tertiary/aromatic N) is 1. The van der Waals surface area contributed by atoms with Gasteiger partial charge in [-0.3, -0.25) is 10.1 Å². The van der Waals surface area contributed by atoms with Crippen LogP contribution in [0.5, 0.6) is 0 Å². The summed E-state index contributed by atoms with van der Waals surface area (Å²) in [5, 5.41) is 14.1. The third-order valence-electron chi connectivity index (χ3n) is 3.81. The van der Waals surface area contributed by atoms with Crippen molar-refractivity contribution in [3.05, 3.63) is 33.9 Å². The Bertz CT molecular complexity index is 651. The van der Waals surface area contributed by atoms with Gasteiger partial charge in [0.25, 0.3) is 5.69 Å². The average molecular weight is 350 g/mol. The normalized spacial score (nSPS) is 21.9. The highest BCUT2D eigenvalue weighted by molar-refractivity contribution is 7.89. The summed E-state index contributed by atoms with van der Waals surface area (Å²) in [4.78, 5) is 10.3.